The summed E-state index contributed by atoms with van der Waals surface area (Å²) >= 11 is 0. The number of rotatable bonds is 3. The molecule has 1 heterocycles. The molecule has 0 amide bonds. The third-order valence-corrected chi connectivity index (χ3v) is 2.53. The SMILES string of the molecule is Cc1c(CCN(C)C)nn(C)c1C. The average Bonchev–Trinajstić information content (AvgIpc) is 2.29. The second kappa shape index (κ2) is 3.92. The number of aromatic nitrogens is 2. The van der Waals surface area contributed by atoms with Crippen molar-refractivity contribution >= 4 is 0 Å². The van der Waals surface area contributed by atoms with Crippen LogP contribution < -0.4 is 0 Å². The van der Waals surface area contributed by atoms with Crippen molar-refractivity contribution in [2.45, 2.75) is 20.3 Å². The lowest BCUT2D eigenvalue weighted by Crippen LogP contribution is -2.15. The summed E-state index contributed by atoms with van der Waals surface area (Å²) in [5.41, 5.74) is 3.84. The maximum atomic E-state index is 4.47. The topological polar surface area (TPSA) is 21.1 Å². The van der Waals surface area contributed by atoms with E-state index in [1.807, 2.05) is 11.7 Å². The number of hydrogen-bond acceptors (Lipinski definition) is 2. The van der Waals surface area contributed by atoms with Gasteiger partial charge >= 0.3 is 0 Å². The normalized spacial score (nSPS) is 11.2. The van der Waals surface area contributed by atoms with E-state index in [0.29, 0.717) is 0 Å². The van der Waals surface area contributed by atoms with Crippen molar-refractivity contribution in [3.05, 3.63) is 17.0 Å². The molecule has 1 aromatic heterocycles. The van der Waals surface area contributed by atoms with Gasteiger partial charge in [0, 0.05) is 25.7 Å². The standard InChI is InChI=1S/C10H19N3/c1-8-9(2)13(5)11-10(8)6-7-12(3)4/h6-7H2,1-5H3. The highest BCUT2D eigenvalue weighted by molar-refractivity contribution is 5.23. The summed E-state index contributed by atoms with van der Waals surface area (Å²) in [4.78, 5) is 2.18. The molecule has 3 heteroatoms. The first-order valence-electron chi connectivity index (χ1n) is 4.66. The van der Waals surface area contributed by atoms with Crippen molar-refractivity contribution < 1.29 is 0 Å². The predicted octanol–water partition coefficient (Wildman–Crippen LogP) is 1.14. The molecule has 0 saturated carbocycles. The van der Waals surface area contributed by atoms with Crippen LogP contribution >= 0.6 is 0 Å². The van der Waals surface area contributed by atoms with Crippen LogP contribution in [0.3, 0.4) is 0 Å². The largest absolute Gasteiger partial charge is 0.309 e. The second-order valence-electron chi connectivity index (χ2n) is 3.83. The Morgan fingerprint density at radius 1 is 1.31 bits per heavy atom. The summed E-state index contributed by atoms with van der Waals surface area (Å²) in [5, 5.41) is 4.47. The molecule has 0 saturated heterocycles. The third-order valence-electron chi connectivity index (χ3n) is 2.53. The Balaban J connectivity index is 2.72. The van der Waals surface area contributed by atoms with Gasteiger partial charge in [-0.3, -0.25) is 4.68 Å². The van der Waals surface area contributed by atoms with Crippen molar-refractivity contribution in [3.8, 4) is 0 Å². The molecule has 0 aliphatic heterocycles. The molecule has 0 unspecified atom stereocenters. The van der Waals surface area contributed by atoms with Crippen LogP contribution in [0.15, 0.2) is 0 Å². The van der Waals surface area contributed by atoms with E-state index in [1.165, 1.54) is 17.0 Å². The third kappa shape index (κ3) is 2.31. The van der Waals surface area contributed by atoms with Crippen molar-refractivity contribution in [1.82, 2.24) is 14.7 Å². The van der Waals surface area contributed by atoms with E-state index in [4.69, 9.17) is 0 Å². The molecule has 1 aromatic rings. The van der Waals surface area contributed by atoms with E-state index < -0.39 is 0 Å². The van der Waals surface area contributed by atoms with Crippen molar-refractivity contribution in [2.75, 3.05) is 20.6 Å². The lowest BCUT2D eigenvalue weighted by atomic mass is 10.1. The van der Waals surface area contributed by atoms with E-state index in [0.717, 1.165) is 13.0 Å². The molecule has 0 aliphatic rings. The first-order valence-corrected chi connectivity index (χ1v) is 4.66. The van der Waals surface area contributed by atoms with Crippen LogP contribution in [0.5, 0.6) is 0 Å². The van der Waals surface area contributed by atoms with Gasteiger partial charge in [0.25, 0.3) is 0 Å². The van der Waals surface area contributed by atoms with Crippen LogP contribution in [0.1, 0.15) is 17.0 Å². The molecule has 13 heavy (non-hydrogen) atoms. The van der Waals surface area contributed by atoms with E-state index in [2.05, 4.69) is 37.9 Å². The number of nitrogens with zero attached hydrogens (tertiary/aromatic N) is 3. The summed E-state index contributed by atoms with van der Waals surface area (Å²) in [7, 11) is 6.18. The van der Waals surface area contributed by atoms with Gasteiger partial charge in [0.2, 0.25) is 0 Å². The van der Waals surface area contributed by atoms with Crippen LogP contribution in [0.4, 0.5) is 0 Å². The van der Waals surface area contributed by atoms with Crippen LogP contribution in [-0.4, -0.2) is 35.3 Å². The first kappa shape index (κ1) is 10.3. The molecular formula is C10H19N3. The number of hydrogen-bond donors (Lipinski definition) is 0. The van der Waals surface area contributed by atoms with Gasteiger partial charge in [-0.1, -0.05) is 0 Å². The van der Waals surface area contributed by atoms with E-state index in [-0.39, 0.29) is 0 Å². The van der Waals surface area contributed by atoms with Crippen molar-refractivity contribution in [2.24, 2.45) is 7.05 Å². The molecule has 0 N–H and O–H groups in total. The lowest BCUT2D eigenvalue weighted by molar-refractivity contribution is 0.410. The van der Waals surface area contributed by atoms with Crippen LogP contribution in [-0.2, 0) is 13.5 Å². The zero-order valence-corrected chi connectivity index (χ0v) is 9.26. The Hall–Kier alpha value is -0.830. The van der Waals surface area contributed by atoms with Crippen LogP contribution in [0, 0.1) is 13.8 Å². The Morgan fingerprint density at radius 2 is 1.92 bits per heavy atom. The maximum Gasteiger partial charge on any atom is 0.0669 e. The summed E-state index contributed by atoms with van der Waals surface area (Å²) in [5.74, 6) is 0. The molecule has 0 aliphatic carbocycles. The minimum Gasteiger partial charge on any atom is -0.309 e. The minimum absolute atomic E-state index is 1.04. The highest BCUT2D eigenvalue weighted by atomic mass is 15.3. The van der Waals surface area contributed by atoms with Gasteiger partial charge in [-0.05, 0) is 33.5 Å². The molecule has 0 bridgehead atoms. The van der Waals surface area contributed by atoms with Gasteiger partial charge in [-0.25, -0.2) is 0 Å². The molecule has 74 valence electrons. The van der Waals surface area contributed by atoms with Gasteiger partial charge in [0.15, 0.2) is 0 Å². The van der Waals surface area contributed by atoms with E-state index in [1.54, 1.807) is 0 Å². The molecule has 0 radical (unpaired) electrons. The second-order valence-corrected chi connectivity index (χ2v) is 3.83. The number of likely N-dealkylation sites (N-methyl/N-ethyl adjacent to an activating group) is 1. The summed E-state index contributed by atoms with van der Waals surface area (Å²) in [6.07, 6.45) is 1.04. The zero-order chi connectivity index (χ0) is 10.0. The molecular weight excluding hydrogens is 162 g/mol. The monoisotopic (exact) mass is 181 g/mol. The van der Waals surface area contributed by atoms with Gasteiger partial charge in [0.05, 0.1) is 5.69 Å². The fourth-order valence-electron chi connectivity index (χ4n) is 1.35. The first-order chi connectivity index (χ1) is 6.02. The Bertz CT molecular complexity index is 287. The molecule has 0 atom stereocenters. The fraction of sp³-hybridized carbons (Fsp3) is 0.700. The molecule has 1 rings (SSSR count). The maximum absolute atomic E-state index is 4.47. The van der Waals surface area contributed by atoms with Gasteiger partial charge in [-0.15, -0.1) is 0 Å². The predicted molar refractivity (Wildman–Crippen MR) is 54.9 cm³/mol. The van der Waals surface area contributed by atoms with Gasteiger partial charge in [-0.2, -0.15) is 5.10 Å². The summed E-state index contributed by atoms with van der Waals surface area (Å²) in [6, 6.07) is 0. The highest BCUT2D eigenvalue weighted by Gasteiger charge is 2.07. The zero-order valence-electron chi connectivity index (χ0n) is 9.26. The van der Waals surface area contributed by atoms with E-state index >= 15 is 0 Å². The highest BCUT2D eigenvalue weighted by Crippen LogP contribution is 2.11. The lowest BCUT2D eigenvalue weighted by Gasteiger charge is -2.07. The Labute approximate surface area is 80.4 Å². The summed E-state index contributed by atoms with van der Waals surface area (Å²) in [6.45, 7) is 5.33. The molecule has 0 fully saturated rings. The van der Waals surface area contributed by atoms with E-state index in [9.17, 15) is 0 Å². The fourth-order valence-corrected chi connectivity index (χ4v) is 1.35. The Kier molecular flexibility index (Phi) is 3.09. The molecule has 0 spiro atoms. The van der Waals surface area contributed by atoms with Gasteiger partial charge < -0.3 is 4.90 Å². The van der Waals surface area contributed by atoms with Crippen molar-refractivity contribution in [3.63, 3.8) is 0 Å². The molecule has 0 aromatic carbocycles. The average molecular weight is 181 g/mol. The Morgan fingerprint density at radius 3 is 2.31 bits per heavy atom. The van der Waals surface area contributed by atoms with Crippen LogP contribution in [0.25, 0.3) is 0 Å². The van der Waals surface area contributed by atoms with Gasteiger partial charge in [0.1, 0.15) is 0 Å². The smallest absolute Gasteiger partial charge is 0.0669 e. The van der Waals surface area contributed by atoms with Crippen LogP contribution in [0.2, 0.25) is 0 Å². The number of aryl methyl sites for hydroxylation is 1. The quantitative estimate of drug-likeness (QED) is 0.697. The minimum atomic E-state index is 1.04. The van der Waals surface area contributed by atoms with Crippen molar-refractivity contribution in [1.29, 1.82) is 0 Å². The molecule has 3 nitrogen and oxygen atoms in total. The summed E-state index contributed by atoms with van der Waals surface area (Å²) < 4.78 is 1.96.